The van der Waals surface area contributed by atoms with Gasteiger partial charge in [-0.1, -0.05) is 6.92 Å². The zero-order valence-electron chi connectivity index (χ0n) is 13.1. The number of sulfone groups is 1. The normalized spacial score (nSPS) is 12.2. The highest BCUT2D eigenvalue weighted by Gasteiger charge is 2.35. The van der Waals surface area contributed by atoms with Crippen LogP contribution in [-0.4, -0.2) is 35.0 Å². The summed E-state index contributed by atoms with van der Waals surface area (Å²) >= 11 is 0. The van der Waals surface area contributed by atoms with Crippen molar-refractivity contribution in [1.82, 2.24) is 9.78 Å². The predicted octanol–water partition coefficient (Wildman–Crippen LogP) is 2.19. The minimum Gasteiger partial charge on any atom is -0.506 e. The largest absolute Gasteiger partial charge is 0.506 e. The first-order valence-electron chi connectivity index (χ1n) is 6.94. The molecule has 0 aliphatic rings. The Morgan fingerprint density at radius 3 is 2.48 bits per heavy atom. The molecule has 0 aliphatic heterocycles. The van der Waals surface area contributed by atoms with Crippen LogP contribution in [0.3, 0.4) is 0 Å². The summed E-state index contributed by atoms with van der Waals surface area (Å²) in [6.45, 7) is 1.42. The van der Waals surface area contributed by atoms with Gasteiger partial charge in [0.25, 0.3) is 5.91 Å². The summed E-state index contributed by atoms with van der Waals surface area (Å²) in [5, 5.41) is 15.4. The van der Waals surface area contributed by atoms with E-state index in [1.54, 1.807) is 0 Å². The quantitative estimate of drug-likeness (QED) is 0.796. The molecule has 0 aliphatic carbocycles. The van der Waals surface area contributed by atoms with Crippen molar-refractivity contribution in [2.45, 2.75) is 18.0 Å². The summed E-state index contributed by atoms with van der Waals surface area (Å²) in [7, 11) is -2.56. The third-order valence-electron chi connectivity index (χ3n) is 3.36. The Bertz CT molecular complexity index is 920. The zero-order valence-corrected chi connectivity index (χ0v) is 13.9. The summed E-state index contributed by atoms with van der Waals surface area (Å²) in [6, 6.07) is 3.81. The molecule has 0 saturated heterocycles. The van der Waals surface area contributed by atoms with Gasteiger partial charge < -0.3 is 10.4 Å². The lowest BCUT2D eigenvalue weighted by molar-refractivity contribution is -0.143. The number of nitrogens with one attached hydrogen (secondary N) is 1. The van der Waals surface area contributed by atoms with Gasteiger partial charge in [0.1, 0.15) is 11.4 Å². The van der Waals surface area contributed by atoms with Gasteiger partial charge in [-0.15, -0.1) is 0 Å². The number of aryl methyl sites for hydroxylation is 1. The molecule has 1 aromatic carbocycles. The van der Waals surface area contributed by atoms with E-state index in [4.69, 9.17) is 0 Å². The lowest BCUT2D eigenvalue weighted by Crippen LogP contribution is -2.14. The lowest BCUT2D eigenvalue weighted by Gasteiger charge is -2.08. The zero-order chi connectivity index (χ0) is 19.0. The summed E-state index contributed by atoms with van der Waals surface area (Å²) < 4.78 is 62.4. The number of alkyl halides is 3. The minimum atomic E-state index is -4.68. The second kappa shape index (κ2) is 6.39. The monoisotopic (exact) mass is 377 g/mol. The summed E-state index contributed by atoms with van der Waals surface area (Å²) in [6.07, 6.45) is -4.68. The lowest BCUT2D eigenvalue weighted by atomic mass is 10.2. The summed E-state index contributed by atoms with van der Waals surface area (Å²) in [4.78, 5) is 11.9. The van der Waals surface area contributed by atoms with Crippen molar-refractivity contribution >= 4 is 21.4 Å². The van der Waals surface area contributed by atoms with Gasteiger partial charge in [-0.2, -0.15) is 18.3 Å². The molecule has 7 nitrogen and oxygen atoms in total. The van der Waals surface area contributed by atoms with Crippen LogP contribution in [0.15, 0.2) is 29.2 Å². The minimum absolute atomic E-state index is 0.139. The van der Waals surface area contributed by atoms with Crippen LogP contribution in [0.4, 0.5) is 18.9 Å². The molecule has 136 valence electrons. The highest BCUT2D eigenvalue weighted by Crippen LogP contribution is 2.30. The van der Waals surface area contributed by atoms with E-state index in [0.717, 1.165) is 25.2 Å². The van der Waals surface area contributed by atoms with Gasteiger partial charge in [0, 0.05) is 13.1 Å². The number of aromatic nitrogens is 2. The number of aromatic hydroxyl groups is 1. The van der Waals surface area contributed by atoms with Crippen LogP contribution >= 0.6 is 0 Å². The fourth-order valence-electron chi connectivity index (χ4n) is 2.01. The molecule has 2 N–H and O–H groups in total. The van der Waals surface area contributed by atoms with Crippen LogP contribution in [0.5, 0.6) is 5.75 Å². The maximum absolute atomic E-state index is 12.7. The molecule has 2 rings (SSSR count). The molecular formula is C14H14F3N3O4S. The standard InChI is InChI=1S/C14H14F3N3O4S/c1-3-25(23,24)8-4-5-11(21)9(6-8)18-13(22)10-7-12(14(15,16)17)20(2)19-10/h4-7,21H,3H2,1-2H3,(H,18,22). The smallest absolute Gasteiger partial charge is 0.433 e. The number of phenolic OH excluding ortho intramolecular Hbond substituents is 1. The first-order valence-corrected chi connectivity index (χ1v) is 8.59. The molecule has 0 unspecified atom stereocenters. The molecule has 0 radical (unpaired) electrons. The van der Waals surface area contributed by atoms with Crippen LogP contribution in [0.1, 0.15) is 23.1 Å². The van der Waals surface area contributed by atoms with Crippen LogP contribution in [0, 0.1) is 0 Å². The summed E-state index contributed by atoms with van der Waals surface area (Å²) in [5.74, 6) is -1.65. The van der Waals surface area contributed by atoms with E-state index >= 15 is 0 Å². The molecule has 25 heavy (non-hydrogen) atoms. The molecule has 0 fully saturated rings. The molecule has 0 saturated carbocycles. The third kappa shape index (κ3) is 3.92. The van der Waals surface area contributed by atoms with Crippen LogP contribution in [0.2, 0.25) is 0 Å². The number of halogens is 3. The Hall–Kier alpha value is -2.56. The van der Waals surface area contributed by atoms with Gasteiger partial charge in [0.05, 0.1) is 16.3 Å². The number of benzene rings is 1. The average Bonchev–Trinajstić information content (AvgIpc) is 2.91. The molecule has 0 spiro atoms. The van der Waals surface area contributed by atoms with E-state index < -0.39 is 39.1 Å². The number of carbonyl (C=O) groups is 1. The van der Waals surface area contributed by atoms with E-state index in [2.05, 4.69) is 10.4 Å². The van der Waals surface area contributed by atoms with Crippen LogP contribution in [0.25, 0.3) is 0 Å². The van der Waals surface area contributed by atoms with E-state index in [1.165, 1.54) is 6.92 Å². The van der Waals surface area contributed by atoms with Crippen molar-refractivity contribution < 1.29 is 31.5 Å². The summed E-state index contributed by atoms with van der Waals surface area (Å²) in [5.41, 5.74) is -1.90. The van der Waals surface area contributed by atoms with Crippen molar-refractivity contribution in [3.8, 4) is 5.75 Å². The van der Waals surface area contributed by atoms with Gasteiger partial charge >= 0.3 is 6.18 Å². The number of nitrogens with zero attached hydrogens (tertiary/aromatic N) is 2. The third-order valence-corrected chi connectivity index (χ3v) is 5.09. The number of anilines is 1. The number of phenols is 1. The van der Waals surface area contributed by atoms with E-state index in [9.17, 15) is 31.5 Å². The molecule has 1 amide bonds. The van der Waals surface area contributed by atoms with E-state index in [0.29, 0.717) is 10.7 Å². The SMILES string of the molecule is CCS(=O)(=O)c1ccc(O)c(NC(=O)c2cc(C(F)(F)F)n(C)n2)c1. The maximum Gasteiger partial charge on any atom is 0.433 e. The number of rotatable bonds is 4. The molecule has 0 atom stereocenters. The fourth-order valence-corrected chi connectivity index (χ4v) is 2.91. The van der Waals surface area contributed by atoms with Gasteiger partial charge in [-0.25, -0.2) is 8.42 Å². The Balaban J connectivity index is 2.34. The highest BCUT2D eigenvalue weighted by atomic mass is 32.2. The Morgan fingerprint density at radius 2 is 1.96 bits per heavy atom. The molecule has 2 aromatic rings. The molecule has 1 heterocycles. The fraction of sp³-hybridized carbons (Fsp3) is 0.286. The highest BCUT2D eigenvalue weighted by molar-refractivity contribution is 7.91. The van der Waals surface area contributed by atoms with Crippen molar-refractivity contribution in [3.63, 3.8) is 0 Å². The van der Waals surface area contributed by atoms with Gasteiger partial charge in [0.15, 0.2) is 15.5 Å². The molecule has 11 heteroatoms. The van der Waals surface area contributed by atoms with Crippen molar-refractivity contribution in [2.75, 3.05) is 11.1 Å². The Labute approximate surface area is 141 Å². The number of hydrogen-bond acceptors (Lipinski definition) is 5. The van der Waals surface area contributed by atoms with Gasteiger partial charge in [0.2, 0.25) is 0 Å². The van der Waals surface area contributed by atoms with E-state index in [-0.39, 0.29) is 16.3 Å². The molecule has 0 bridgehead atoms. The Morgan fingerprint density at radius 1 is 1.32 bits per heavy atom. The first-order chi connectivity index (χ1) is 11.5. The average molecular weight is 377 g/mol. The maximum atomic E-state index is 12.7. The van der Waals surface area contributed by atoms with Crippen LogP contribution in [-0.2, 0) is 23.1 Å². The van der Waals surface area contributed by atoms with Gasteiger partial charge in [-0.05, 0) is 18.2 Å². The second-order valence-corrected chi connectivity index (χ2v) is 7.35. The molecule has 1 aromatic heterocycles. The van der Waals surface area contributed by atoms with E-state index in [1.807, 2.05) is 0 Å². The first kappa shape index (κ1) is 18.8. The number of amides is 1. The number of carbonyl (C=O) groups excluding carboxylic acids is 1. The van der Waals surface area contributed by atoms with Crippen molar-refractivity contribution in [1.29, 1.82) is 0 Å². The Kier molecular flexibility index (Phi) is 4.80. The second-order valence-electron chi connectivity index (χ2n) is 5.07. The predicted molar refractivity (Wildman–Crippen MR) is 82.0 cm³/mol. The van der Waals surface area contributed by atoms with Crippen molar-refractivity contribution in [3.05, 3.63) is 35.7 Å². The van der Waals surface area contributed by atoms with Crippen molar-refractivity contribution in [2.24, 2.45) is 7.05 Å². The molecular weight excluding hydrogens is 363 g/mol. The number of hydrogen-bond donors (Lipinski definition) is 2. The topological polar surface area (TPSA) is 101 Å². The van der Waals surface area contributed by atoms with Crippen LogP contribution < -0.4 is 5.32 Å². The van der Waals surface area contributed by atoms with Gasteiger partial charge in [-0.3, -0.25) is 9.48 Å².